The monoisotopic (exact) mass is 421 g/mol. The van der Waals surface area contributed by atoms with Crippen molar-refractivity contribution >= 4 is 34.3 Å². The summed E-state index contributed by atoms with van der Waals surface area (Å²) in [5.74, 6) is -0.283. The molecule has 0 spiro atoms. The fourth-order valence-corrected chi connectivity index (χ4v) is 3.80. The third kappa shape index (κ3) is 5.27. The molecule has 0 aliphatic carbocycles. The van der Waals surface area contributed by atoms with Crippen LogP contribution in [0, 0.1) is 0 Å². The molecule has 0 bridgehead atoms. The molecule has 8 heteroatoms. The lowest BCUT2D eigenvalue weighted by atomic mass is 10.1. The molecule has 1 aliphatic rings. The Bertz CT molecular complexity index is 1050. The zero-order valence-electron chi connectivity index (χ0n) is 17.7. The normalized spacial score (nSPS) is 14.9. The van der Waals surface area contributed by atoms with Crippen molar-refractivity contribution < 1.29 is 14.1 Å². The van der Waals surface area contributed by atoms with Crippen LogP contribution in [-0.2, 0) is 11.2 Å². The number of rotatable bonds is 6. The maximum Gasteiger partial charge on any atom is 0.257 e. The number of nitrogens with zero attached hydrogens (tertiary/aromatic N) is 3. The van der Waals surface area contributed by atoms with E-state index in [1.807, 2.05) is 6.92 Å². The van der Waals surface area contributed by atoms with Gasteiger partial charge < -0.3 is 15.2 Å². The van der Waals surface area contributed by atoms with Crippen LogP contribution in [0.1, 0.15) is 48.7 Å². The van der Waals surface area contributed by atoms with Crippen molar-refractivity contribution in [2.75, 3.05) is 30.3 Å². The van der Waals surface area contributed by atoms with Crippen molar-refractivity contribution in [2.45, 2.75) is 39.0 Å². The Balaban J connectivity index is 1.34. The van der Waals surface area contributed by atoms with Crippen LogP contribution in [0.3, 0.4) is 0 Å². The molecule has 0 saturated carbocycles. The summed E-state index contributed by atoms with van der Waals surface area (Å²) < 4.78 is 5.16. The number of aromatic nitrogens is 2. The number of anilines is 2. The molecule has 0 atom stereocenters. The molecule has 2 amide bonds. The number of carbonyl (C=O) groups is 2. The van der Waals surface area contributed by atoms with E-state index in [9.17, 15) is 9.59 Å². The highest BCUT2D eigenvalue weighted by molar-refractivity contribution is 6.05. The average Bonchev–Trinajstić information content (AvgIpc) is 3.02. The predicted octanol–water partition coefficient (Wildman–Crippen LogP) is 3.85. The van der Waals surface area contributed by atoms with E-state index >= 15 is 0 Å². The van der Waals surface area contributed by atoms with Gasteiger partial charge in [-0.2, -0.15) is 0 Å². The Morgan fingerprint density at radius 3 is 2.39 bits per heavy atom. The molecule has 0 radical (unpaired) electrons. The summed E-state index contributed by atoms with van der Waals surface area (Å²) in [7, 11) is 0. The fourth-order valence-electron chi connectivity index (χ4n) is 3.80. The molecule has 0 unspecified atom stereocenters. The zero-order valence-corrected chi connectivity index (χ0v) is 17.7. The maximum atomic E-state index is 12.6. The van der Waals surface area contributed by atoms with Gasteiger partial charge in [-0.25, -0.2) is 4.98 Å². The molecule has 3 aromatic rings. The van der Waals surface area contributed by atoms with E-state index in [2.05, 4.69) is 25.7 Å². The second-order valence-electron chi connectivity index (χ2n) is 7.83. The van der Waals surface area contributed by atoms with Gasteiger partial charge in [-0.1, -0.05) is 24.9 Å². The molecule has 1 saturated heterocycles. The molecule has 2 aromatic heterocycles. The number of benzene rings is 1. The molecule has 31 heavy (non-hydrogen) atoms. The first-order valence-electron chi connectivity index (χ1n) is 10.8. The van der Waals surface area contributed by atoms with Gasteiger partial charge in [0.1, 0.15) is 0 Å². The third-order valence-corrected chi connectivity index (χ3v) is 5.49. The minimum Gasteiger partial charge on any atom is -0.336 e. The topological polar surface area (TPSA) is 100 Å². The largest absolute Gasteiger partial charge is 0.336 e. The summed E-state index contributed by atoms with van der Waals surface area (Å²) in [4.78, 5) is 31.3. The number of aryl methyl sites for hydroxylation is 1. The van der Waals surface area contributed by atoms with Crippen LogP contribution in [0.5, 0.6) is 0 Å². The van der Waals surface area contributed by atoms with Gasteiger partial charge in [-0.05, 0) is 62.7 Å². The number of nitrogens with one attached hydrogen (secondary N) is 2. The highest BCUT2D eigenvalue weighted by Gasteiger charge is 2.14. The molecular formula is C23H27N5O3. The zero-order chi connectivity index (χ0) is 21.6. The third-order valence-electron chi connectivity index (χ3n) is 5.49. The number of hydrogen-bond donors (Lipinski definition) is 2. The summed E-state index contributed by atoms with van der Waals surface area (Å²) >= 11 is 0. The van der Waals surface area contributed by atoms with Gasteiger partial charge in [-0.15, -0.1) is 0 Å². The Hall–Kier alpha value is -3.26. The van der Waals surface area contributed by atoms with Crippen LogP contribution < -0.4 is 10.6 Å². The van der Waals surface area contributed by atoms with Crippen molar-refractivity contribution in [3.05, 3.63) is 47.8 Å². The second-order valence-corrected chi connectivity index (χ2v) is 7.83. The van der Waals surface area contributed by atoms with Crippen LogP contribution in [0.25, 0.3) is 11.1 Å². The molecule has 2 N–H and O–H groups in total. The predicted molar refractivity (Wildman–Crippen MR) is 119 cm³/mol. The first-order valence-corrected chi connectivity index (χ1v) is 10.8. The van der Waals surface area contributed by atoms with Crippen LogP contribution in [0.4, 0.5) is 11.4 Å². The van der Waals surface area contributed by atoms with Crippen LogP contribution in [0.2, 0.25) is 0 Å². The number of carbonyl (C=O) groups excluding carboxylic acids is 2. The summed E-state index contributed by atoms with van der Waals surface area (Å²) in [5.41, 5.74) is 2.97. The van der Waals surface area contributed by atoms with E-state index in [1.165, 1.54) is 19.0 Å². The van der Waals surface area contributed by atoms with E-state index in [0.29, 0.717) is 35.6 Å². The number of hydrogen-bond acceptors (Lipinski definition) is 6. The highest BCUT2D eigenvalue weighted by Crippen LogP contribution is 2.20. The summed E-state index contributed by atoms with van der Waals surface area (Å²) in [6.45, 7) is 4.34. The van der Waals surface area contributed by atoms with E-state index in [-0.39, 0.29) is 11.8 Å². The molecule has 8 nitrogen and oxygen atoms in total. The van der Waals surface area contributed by atoms with Gasteiger partial charge in [0, 0.05) is 17.6 Å². The first-order chi connectivity index (χ1) is 15.1. The molecule has 1 aromatic carbocycles. The highest BCUT2D eigenvalue weighted by atomic mass is 16.5. The van der Waals surface area contributed by atoms with Gasteiger partial charge in [-0.3, -0.25) is 14.5 Å². The molecule has 1 fully saturated rings. The van der Waals surface area contributed by atoms with Gasteiger partial charge in [0.2, 0.25) is 5.91 Å². The average molecular weight is 422 g/mol. The number of likely N-dealkylation sites (tertiary alicyclic amines) is 1. The Morgan fingerprint density at radius 1 is 1.03 bits per heavy atom. The number of fused-ring (bicyclic) bond motifs is 1. The molecular weight excluding hydrogens is 394 g/mol. The van der Waals surface area contributed by atoms with Crippen molar-refractivity contribution in [3.63, 3.8) is 0 Å². The van der Waals surface area contributed by atoms with Crippen LogP contribution in [-0.4, -0.2) is 46.5 Å². The molecule has 162 valence electrons. The van der Waals surface area contributed by atoms with Gasteiger partial charge in [0.15, 0.2) is 0 Å². The van der Waals surface area contributed by atoms with E-state index in [0.717, 1.165) is 37.0 Å². The van der Waals surface area contributed by atoms with Crippen LogP contribution >= 0.6 is 0 Å². The quantitative estimate of drug-likeness (QED) is 0.627. The van der Waals surface area contributed by atoms with E-state index in [1.54, 1.807) is 30.3 Å². The minimum atomic E-state index is -0.268. The van der Waals surface area contributed by atoms with Crippen molar-refractivity contribution in [1.82, 2.24) is 15.0 Å². The van der Waals surface area contributed by atoms with Crippen molar-refractivity contribution in [2.24, 2.45) is 0 Å². The van der Waals surface area contributed by atoms with Crippen molar-refractivity contribution in [1.29, 1.82) is 0 Å². The lowest BCUT2D eigenvalue weighted by molar-refractivity contribution is -0.117. The smallest absolute Gasteiger partial charge is 0.257 e. The molecule has 4 rings (SSSR count). The maximum absolute atomic E-state index is 12.6. The standard InChI is InChI=1S/C23H27N5O3/c1-2-20-19-13-16(14-24-23(19)31-27-20)22(30)26-18-9-7-17(8-10-18)25-21(29)15-28-11-5-3-4-6-12-28/h7-10,13-14H,2-6,11-12,15H2,1H3,(H,25,29)(H,26,30). The SMILES string of the molecule is CCc1noc2ncc(C(=O)Nc3ccc(NC(=O)CN4CCCCCC4)cc3)cc12. The Morgan fingerprint density at radius 2 is 1.71 bits per heavy atom. The van der Waals surface area contributed by atoms with E-state index in [4.69, 9.17) is 4.52 Å². The minimum absolute atomic E-state index is 0.0153. The number of pyridine rings is 1. The van der Waals surface area contributed by atoms with E-state index < -0.39 is 0 Å². The van der Waals surface area contributed by atoms with Gasteiger partial charge >= 0.3 is 0 Å². The van der Waals surface area contributed by atoms with Crippen molar-refractivity contribution in [3.8, 4) is 0 Å². The van der Waals surface area contributed by atoms with Gasteiger partial charge in [0.05, 0.1) is 23.2 Å². The Kier molecular flexibility index (Phi) is 6.57. The summed E-state index contributed by atoms with van der Waals surface area (Å²) in [6, 6.07) is 8.84. The summed E-state index contributed by atoms with van der Waals surface area (Å²) in [5, 5.41) is 10.5. The van der Waals surface area contributed by atoms with Crippen LogP contribution in [0.15, 0.2) is 41.1 Å². The summed E-state index contributed by atoms with van der Waals surface area (Å²) in [6.07, 6.45) is 6.97. The second kappa shape index (κ2) is 9.70. The lowest BCUT2D eigenvalue weighted by Crippen LogP contribution is -2.33. The molecule has 3 heterocycles. The van der Waals surface area contributed by atoms with Gasteiger partial charge in [0.25, 0.3) is 11.6 Å². The fraction of sp³-hybridized carbons (Fsp3) is 0.391. The lowest BCUT2D eigenvalue weighted by Gasteiger charge is -2.19. The molecule has 1 aliphatic heterocycles. The Labute approximate surface area is 181 Å². The first kappa shape index (κ1) is 21.0. The number of amides is 2.